The Morgan fingerprint density at radius 1 is 1.17 bits per heavy atom. The maximum atomic E-state index is 12.3. The molecular weight excluding hydrogens is 288 g/mol. The smallest absolute Gasteiger partial charge is 0.226 e. The standard InChI is InChI=1S/C19H30N2O2/c1-13(2)12-21(16(6)22)11-10-18(23)20-19-15(5)8-7-9-17(19)14(3)4/h7-9,13-14H,10-12H2,1-6H3,(H,20,23). The molecule has 0 saturated heterocycles. The lowest BCUT2D eigenvalue weighted by Crippen LogP contribution is -2.35. The number of aryl methyl sites for hydroxylation is 1. The molecular formula is C19H30N2O2. The molecule has 4 heteroatoms. The molecule has 0 fully saturated rings. The summed E-state index contributed by atoms with van der Waals surface area (Å²) in [6.45, 7) is 13.1. The highest BCUT2D eigenvalue weighted by molar-refractivity contribution is 5.92. The molecule has 0 aliphatic rings. The minimum absolute atomic E-state index is 0.0188. The van der Waals surface area contributed by atoms with Gasteiger partial charge in [-0.2, -0.15) is 0 Å². The van der Waals surface area contributed by atoms with Gasteiger partial charge in [-0.05, 0) is 29.9 Å². The second kappa shape index (κ2) is 8.70. The summed E-state index contributed by atoms with van der Waals surface area (Å²) in [6, 6.07) is 6.07. The molecule has 1 rings (SSSR count). The molecule has 2 amide bonds. The van der Waals surface area contributed by atoms with Crippen molar-refractivity contribution in [2.24, 2.45) is 5.92 Å². The fourth-order valence-electron chi connectivity index (χ4n) is 2.60. The first-order valence-corrected chi connectivity index (χ1v) is 8.37. The average Bonchev–Trinajstić information content (AvgIpc) is 2.44. The first kappa shape index (κ1) is 19.2. The van der Waals surface area contributed by atoms with Crippen LogP contribution in [0.3, 0.4) is 0 Å². The lowest BCUT2D eigenvalue weighted by Gasteiger charge is -2.23. The first-order chi connectivity index (χ1) is 10.7. The van der Waals surface area contributed by atoms with Gasteiger partial charge >= 0.3 is 0 Å². The predicted octanol–water partition coefficient (Wildman–Crippen LogP) is 3.95. The van der Waals surface area contributed by atoms with Gasteiger partial charge in [0.2, 0.25) is 11.8 Å². The number of amides is 2. The summed E-state index contributed by atoms with van der Waals surface area (Å²) in [5.41, 5.74) is 3.12. The highest BCUT2D eigenvalue weighted by Gasteiger charge is 2.15. The van der Waals surface area contributed by atoms with Gasteiger partial charge in [-0.1, -0.05) is 45.9 Å². The van der Waals surface area contributed by atoms with Crippen LogP contribution in [0.25, 0.3) is 0 Å². The number of nitrogens with one attached hydrogen (secondary N) is 1. The van der Waals surface area contributed by atoms with E-state index in [1.54, 1.807) is 11.8 Å². The molecule has 23 heavy (non-hydrogen) atoms. The molecule has 1 aromatic carbocycles. The van der Waals surface area contributed by atoms with E-state index in [9.17, 15) is 9.59 Å². The van der Waals surface area contributed by atoms with E-state index in [1.165, 1.54) is 0 Å². The van der Waals surface area contributed by atoms with Crippen LogP contribution in [0, 0.1) is 12.8 Å². The van der Waals surface area contributed by atoms with Crippen molar-refractivity contribution in [1.29, 1.82) is 0 Å². The molecule has 1 aromatic rings. The summed E-state index contributed by atoms with van der Waals surface area (Å²) in [5, 5.41) is 3.03. The number of rotatable bonds is 7. The minimum atomic E-state index is -0.0452. The zero-order chi connectivity index (χ0) is 17.6. The number of anilines is 1. The molecule has 0 heterocycles. The van der Waals surface area contributed by atoms with Gasteiger partial charge in [0.05, 0.1) is 0 Å². The number of hydrogen-bond acceptors (Lipinski definition) is 2. The molecule has 0 spiro atoms. The Kier molecular flexibility index (Phi) is 7.27. The largest absolute Gasteiger partial charge is 0.342 e. The van der Waals surface area contributed by atoms with E-state index in [1.807, 2.05) is 25.1 Å². The van der Waals surface area contributed by atoms with Gasteiger partial charge in [-0.15, -0.1) is 0 Å². The number of hydrogen-bond donors (Lipinski definition) is 1. The lowest BCUT2D eigenvalue weighted by atomic mass is 9.98. The van der Waals surface area contributed by atoms with Gasteiger partial charge in [-0.3, -0.25) is 9.59 Å². The van der Waals surface area contributed by atoms with Gasteiger partial charge in [0.25, 0.3) is 0 Å². The van der Waals surface area contributed by atoms with Gasteiger partial charge < -0.3 is 10.2 Å². The van der Waals surface area contributed by atoms with Crippen LogP contribution in [0.15, 0.2) is 18.2 Å². The van der Waals surface area contributed by atoms with Gasteiger partial charge in [-0.25, -0.2) is 0 Å². The Hall–Kier alpha value is -1.84. The van der Waals surface area contributed by atoms with Crippen LogP contribution < -0.4 is 5.32 Å². The topological polar surface area (TPSA) is 49.4 Å². The van der Waals surface area contributed by atoms with Crippen LogP contribution in [0.2, 0.25) is 0 Å². The van der Waals surface area contributed by atoms with E-state index in [4.69, 9.17) is 0 Å². The molecule has 0 aliphatic heterocycles. The van der Waals surface area contributed by atoms with E-state index in [0.717, 1.165) is 16.8 Å². The van der Waals surface area contributed by atoms with Crippen LogP contribution in [0.1, 0.15) is 58.1 Å². The van der Waals surface area contributed by atoms with Gasteiger partial charge in [0, 0.05) is 32.1 Å². The fraction of sp³-hybridized carbons (Fsp3) is 0.579. The summed E-state index contributed by atoms with van der Waals surface area (Å²) >= 11 is 0. The van der Waals surface area contributed by atoms with Crippen molar-refractivity contribution >= 4 is 17.5 Å². The monoisotopic (exact) mass is 318 g/mol. The van der Waals surface area contributed by atoms with Crippen LogP contribution in [0.5, 0.6) is 0 Å². The predicted molar refractivity (Wildman–Crippen MR) is 95.6 cm³/mol. The van der Waals surface area contributed by atoms with E-state index >= 15 is 0 Å². The summed E-state index contributed by atoms with van der Waals surface area (Å²) in [7, 11) is 0. The normalized spacial score (nSPS) is 11.0. The maximum absolute atomic E-state index is 12.3. The molecule has 128 valence electrons. The highest BCUT2D eigenvalue weighted by Crippen LogP contribution is 2.27. The summed E-state index contributed by atoms with van der Waals surface area (Å²) in [5.74, 6) is 0.715. The van der Waals surface area contributed by atoms with Crippen molar-refractivity contribution in [3.63, 3.8) is 0 Å². The number of benzene rings is 1. The number of para-hydroxylation sites is 1. The Morgan fingerprint density at radius 3 is 2.35 bits per heavy atom. The van der Waals surface area contributed by atoms with Gasteiger partial charge in [0.15, 0.2) is 0 Å². The van der Waals surface area contributed by atoms with Crippen molar-refractivity contribution in [2.45, 2.75) is 53.9 Å². The Morgan fingerprint density at radius 2 is 1.83 bits per heavy atom. The SMILES string of the molecule is CC(=O)N(CCC(=O)Nc1c(C)cccc1C(C)C)CC(C)C. The van der Waals surface area contributed by atoms with Crippen LogP contribution in [0.4, 0.5) is 5.69 Å². The summed E-state index contributed by atoms with van der Waals surface area (Å²) < 4.78 is 0. The third kappa shape index (κ3) is 6.05. The number of carbonyl (C=O) groups is 2. The second-order valence-corrected chi connectivity index (χ2v) is 6.85. The van der Waals surface area contributed by atoms with Crippen LogP contribution >= 0.6 is 0 Å². The Bertz CT molecular complexity index is 550. The minimum Gasteiger partial charge on any atom is -0.342 e. The molecule has 0 bridgehead atoms. The molecule has 0 aromatic heterocycles. The third-order valence-corrected chi connectivity index (χ3v) is 3.83. The van der Waals surface area contributed by atoms with E-state index < -0.39 is 0 Å². The molecule has 0 radical (unpaired) electrons. The van der Waals surface area contributed by atoms with E-state index in [2.05, 4.69) is 33.0 Å². The zero-order valence-corrected chi connectivity index (χ0v) is 15.3. The average molecular weight is 318 g/mol. The van der Waals surface area contributed by atoms with E-state index in [-0.39, 0.29) is 11.8 Å². The maximum Gasteiger partial charge on any atom is 0.226 e. The number of nitrogens with zero attached hydrogens (tertiary/aromatic N) is 1. The summed E-state index contributed by atoms with van der Waals surface area (Å²) in [6.07, 6.45) is 0.318. The quantitative estimate of drug-likeness (QED) is 0.827. The first-order valence-electron chi connectivity index (χ1n) is 8.37. The van der Waals surface area contributed by atoms with Crippen molar-refractivity contribution in [3.8, 4) is 0 Å². The fourth-order valence-corrected chi connectivity index (χ4v) is 2.60. The number of carbonyl (C=O) groups excluding carboxylic acids is 2. The van der Waals surface area contributed by atoms with Crippen LogP contribution in [-0.2, 0) is 9.59 Å². The zero-order valence-electron chi connectivity index (χ0n) is 15.3. The Balaban J connectivity index is 2.72. The molecule has 0 unspecified atom stereocenters. The van der Waals surface area contributed by atoms with Crippen molar-refractivity contribution in [2.75, 3.05) is 18.4 Å². The Labute approximate surface area is 140 Å². The molecule has 0 saturated carbocycles. The summed E-state index contributed by atoms with van der Waals surface area (Å²) in [4.78, 5) is 25.7. The van der Waals surface area contributed by atoms with Crippen LogP contribution in [-0.4, -0.2) is 29.8 Å². The molecule has 0 aliphatic carbocycles. The molecule has 1 N–H and O–H groups in total. The third-order valence-electron chi connectivity index (χ3n) is 3.83. The van der Waals surface area contributed by atoms with E-state index in [0.29, 0.717) is 31.3 Å². The molecule has 0 atom stereocenters. The second-order valence-electron chi connectivity index (χ2n) is 6.85. The van der Waals surface area contributed by atoms with Crippen molar-refractivity contribution in [3.05, 3.63) is 29.3 Å². The lowest BCUT2D eigenvalue weighted by molar-refractivity contribution is -0.129. The highest BCUT2D eigenvalue weighted by atomic mass is 16.2. The van der Waals surface area contributed by atoms with Gasteiger partial charge in [0.1, 0.15) is 0 Å². The molecule has 4 nitrogen and oxygen atoms in total. The van der Waals surface area contributed by atoms with Crippen molar-refractivity contribution < 1.29 is 9.59 Å². The van der Waals surface area contributed by atoms with Crippen molar-refractivity contribution in [1.82, 2.24) is 4.90 Å².